The molecule has 1 heteroatoms. The predicted molar refractivity (Wildman–Crippen MR) is 299 cm³/mol. The Morgan fingerprint density at radius 1 is 0.264 bits per heavy atom. The summed E-state index contributed by atoms with van der Waals surface area (Å²) in [6.07, 6.45) is 0. The molecule has 0 fully saturated rings. The van der Waals surface area contributed by atoms with Gasteiger partial charge < -0.3 is 4.90 Å². The highest BCUT2D eigenvalue weighted by Gasteiger charge is 2.47. The molecule has 0 saturated heterocycles. The van der Waals surface area contributed by atoms with Crippen LogP contribution in [-0.4, -0.2) is 0 Å². The second-order valence-corrected chi connectivity index (χ2v) is 20.1. The molecule has 2 atom stereocenters. The Bertz CT molecular complexity index is 3690. The van der Waals surface area contributed by atoms with Gasteiger partial charge in [-0.15, -0.1) is 0 Å². The van der Waals surface area contributed by atoms with Crippen LogP contribution in [0.2, 0.25) is 0 Å². The topological polar surface area (TPSA) is 3.24 Å². The van der Waals surface area contributed by atoms with Gasteiger partial charge in [0.1, 0.15) is 0 Å². The highest BCUT2D eigenvalue weighted by molar-refractivity contribution is 6.01. The number of anilines is 3. The fraction of sp³-hybridized carbons (Fsp3) is 0.0704. The molecule has 3 aliphatic carbocycles. The van der Waals surface area contributed by atoms with Crippen LogP contribution in [0.4, 0.5) is 17.1 Å². The number of benzene rings is 11. The van der Waals surface area contributed by atoms with E-state index in [9.17, 15) is 0 Å². The average Bonchev–Trinajstić information content (AvgIpc) is 4.02. The van der Waals surface area contributed by atoms with E-state index in [1.54, 1.807) is 0 Å². The number of nitrogens with zero attached hydrogens (tertiary/aromatic N) is 1. The molecule has 1 nitrogen and oxygen atoms in total. The van der Waals surface area contributed by atoms with E-state index in [0.29, 0.717) is 0 Å². The van der Waals surface area contributed by atoms with Crippen LogP contribution in [0.25, 0.3) is 44.5 Å². The van der Waals surface area contributed by atoms with Crippen LogP contribution in [0.5, 0.6) is 0 Å². The van der Waals surface area contributed by atoms with E-state index in [2.05, 4.69) is 292 Å². The maximum absolute atomic E-state index is 2.57. The molecule has 0 spiro atoms. The molecule has 14 rings (SSSR count). The van der Waals surface area contributed by atoms with Crippen molar-refractivity contribution in [3.05, 3.63) is 329 Å². The van der Waals surface area contributed by atoms with Gasteiger partial charge in [-0.3, -0.25) is 0 Å². The summed E-state index contributed by atoms with van der Waals surface area (Å²) >= 11 is 0. The molecule has 0 N–H and O–H groups in total. The lowest BCUT2D eigenvalue weighted by Crippen LogP contribution is -2.28. The molecule has 0 bridgehead atoms. The van der Waals surface area contributed by atoms with Crippen molar-refractivity contribution in [1.29, 1.82) is 0 Å². The maximum atomic E-state index is 2.57. The molecule has 340 valence electrons. The van der Waals surface area contributed by atoms with Gasteiger partial charge in [0.25, 0.3) is 0 Å². The molecular weight excluding hydrogens is 867 g/mol. The first-order valence-electron chi connectivity index (χ1n) is 25.3. The lowest BCUT2D eigenvalue weighted by Gasteiger charge is -2.34. The molecule has 11 aromatic rings. The Balaban J connectivity index is 0.986. The van der Waals surface area contributed by atoms with Crippen LogP contribution in [0.3, 0.4) is 0 Å². The van der Waals surface area contributed by atoms with E-state index in [1.807, 2.05) is 0 Å². The lowest BCUT2D eigenvalue weighted by molar-refractivity contribution is 0.713. The summed E-state index contributed by atoms with van der Waals surface area (Å²) in [6, 6.07) is 102. The van der Waals surface area contributed by atoms with Crippen LogP contribution < -0.4 is 4.90 Å². The molecular formula is C71H51N. The van der Waals surface area contributed by atoms with Gasteiger partial charge >= 0.3 is 0 Å². The van der Waals surface area contributed by atoms with E-state index in [1.165, 1.54) is 100 Å². The fourth-order valence-corrected chi connectivity index (χ4v) is 13.4. The first-order chi connectivity index (χ1) is 35.5. The Hall–Kier alpha value is -8.78. The van der Waals surface area contributed by atoms with Gasteiger partial charge in [0.05, 0.1) is 16.8 Å². The van der Waals surface area contributed by atoms with E-state index >= 15 is 0 Å². The molecule has 0 amide bonds. The zero-order valence-corrected chi connectivity index (χ0v) is 40.4. The maximum Gasteiger partial charge on any atom is 0.0713 e. The molecule has 3 aliphatic rings. The lowest BCUT2D eigenvalue weighted by atomic mass is 9.67. The van der Waals surface area contributed by atoms with Gasteiger partial charge in [-0.1, -0.05) is 243 Å². The minimum Gasteiger partial charge on any atom is -0.309 e. The molecule has 0 heterocycles. The van der Waals surface area contributed by atoms with Gasteiger partial charge in [-0.2, -0.15) is 0 Å². The smallest absolute Gasteiger partial charge is 0.0713 e. The Kier molecular flexibility index (Phi) is 9.44. The van der Waals surface area contributed by atoms with Gasteiger partial charge in [-0.05, 0) is 133 Å². The third kappa shape index (κ3) is 5.83. The Labute approximate surface area is 423 Å². The van der Waals surface area contributed by atoms with Crippen molar-refractivity contribution in [3.63, 3.8) is 0 Å². The number of fused-ring (bicyclic) bond motifs is 9. The average molecular weight is 918 g/mol. The van der Waals surface area contributed by atoms with Crippen molar-refractivity contribution >= 4 is 17.1 Å². The summed E-state index contributed by atoms with van der Waals surface area (Å²) in [4.78, 5) is 2.57. The molecule has 72 heavy (non-hydrogen) atoms. The molecule has 11 aromatic carbocycles. The number of hydrogen-bond donors (Lipinski definition) is 0. The highest BCUT2D eigenvalue weighted by atomic mass is 15.1. The first kappa shape index (κ1) is 42.1. The van der Waals surface area contributed by atoms with Crippen LogP contribution in [-0.2, 0) is 16.2 Å². The Morgan fingerprint density at radius 3 is 1.12 bits per heavy atom. The van der Waals surface area contributed by atoms with Crippen molar-refractivity contribution in [3.8, 4) is 44.5 Å². The minimum absolute atomic E-state index is 0.349. The SMILES string of the molecule is CC1(c2ccccc2)c2ccccc2-c2c(N(c3ccc(-c4ccc5c(c4)C(c4ccccc4)(c4ccccc4)c4ccccc4-5)cc3)c3cccc4c3-c3ccccc3C4(C)c3ccccc3)cccc21. The van der Waals surface area contributed by atoms with E-state index < -0.39 is 5.41 Å². The van der Waals surface area contributed by atoms with Crippen molar-refractivity contribution in [2.45, 2.75) is 30.1 Å². The quantitative estimate of drug-likeness (QED) is 0.147. The van der Waals surface area contributed by atoms with Gasteiger partial charge in [0, 0.05) is 27.6 Å². The first-order valence-corrected chi connectivity index (χ1v) is 25.3. The van der Waals surface area contributed by atoms with Crippen molar-refractivity contribution in [2.24, 2.45) is 0 Å². The van der Waals surface area contributed by atoms with Crippen LogP contribution in [0.1, 0.15) is 69.5 Å². The predicted octanol–water partition coefficient (Wildman–Crippen LogP) is 17.9. The fourth-order valence-electron chi connectivity index (χ4n) is 13.4. The molecule has 0 saturated carbocycles. The van der Waals surface area contributed by atoms with E-state index in [0.717, 1.165) is 17.1 Å². The summed E-state index contributed by atoms with van der Waals surface area (Å²) in [7, 11) is 0. The minimum atomic E-state index is -0.475. The van der Waals surface area contributed by atoms with Crippen molar-refractivity contribution in [1.82, 2.24) is 0 Å². The summed E-state index contributed by atoms with van der Waals surface area (Å²) in [5.41, 5.74) is 25.3. The zero-order chi connectivity index (χ0) is 48.0. The standard InChI is InChI=1S/C71H51N/c1-69(50-23-7-3-8-24-50)59-34-18-16-32-57(59)67-62(69)37-21-39-65(67)72(66-40-22-38-63-68(66)58-33-17-19-35-60(58)70(63,2)51-25-9-4-10-26-51)54-44-41-48(42-45-54)49-43-46-56-55-31-15-20-36-61(55)71(64(56)47-49,52-27-11-5-12-28-52)53-29-13-6-14-30-53/h3-47H,1-2H3. The molecule has 2 unspecified atom stereocenters. The largest absolute Gasteiger partial charge is 0.309 e. The molecule has 0 aliphatic heterocycles. The molecule has 0 aromatic heterocycles. The van der Waals surface area contributed by atoms with E-state index in [-0.39, 0.29) is 10.8 Å². The highest BCUT2D eigenvalue weighted by Crippen LogP contribution is 2.61. The second kappa shape index (κ2) is 16.1. The summed E-state index contributed by atoms with van der Waals surface area (Å²) in [5.74, 6) is 0. The normalized spacial score (nSPS) is 17.2. The van der Waals surface area contributed by atoms with Gasteiger partial charge in [0.2, 0.25) is 0 Å². The Morgan fingerprint density at radius 2 is 0.639 bits per heavy atom. The second-order valence-electron chi connectivity index (χ2n) is 20.1. The monoisotopic (exact) mass is 917 g/mol. The summed E-state index contributed by atoms with van der Waals surface area (Å²) in [6.45, 7) is 4.83. The van der Waals surface area contributed by atoms with Crippen molar-refractivity contribution in [2.75, 3.05) is 4.90 Å². The zero-order valence-electron chi connectivity index (χ0n) is 40.4. The van der Waals surface area contributed by atoms with Crippen LogP contribution in [0.15, 0.2) is 273 Å². The van der Waals surface area contributed by atoms with Crippen LogP contribution >= 0.6 is 0 Å². The number of rotatable bonds is 8. The third-order valence-electron chi connectivity index (χ3n) is 16.7. The number of hydrogen-bond acceptors (Lipinski definition) is 1. The van der Waals surface area contributed by atoms with Crippen LogP contribution in [0, 0.1) is 0 Å². The molecule has 0 radical (unpaired) electrons. The van der Waals surface area contributed by atoms with E-state index in [4.69, 9.17) is 0 Å². The van der Waals surface area contributed by atoms with Gasteiger partial charge in [-0.25, -0.2) is 0 Å². The summed E-state index contributed by atoms with van der Waals surface area (Å²) in [5, 5.41) is 0. The van der Waals surface area contributed by atoms with Crippen molar-refractivity contribution < 1.29 is 0 Å². The third-order valence-corrected chi connectivity index (χ3v) is 16.7. The van der Waals surface area contributed by atoms with Gasteiger partial charge in [0.15, 0.2) is 0 Å². The summed E-state index contributed by atoms with van der Waals surface area (Å²) < 4.78 is 0.